The molecule has 0 fully saturated rings. The maximum atomic E-state index is 12.4. The van der Waals surface area contributed by atoms with Crippen LogP contribution in [0.2, 0.25) is 10.0 Å². The Morgan fingerprint density at radius 3 is 2.83 bits per heavy atom. The van der Waals surface area contributed by atoms with Crippen molar-refractivity contribution in [2.75, 3.05) is 5.32 Å². The Morgan fingerprint density at radius 2 is 2.04 bits per heavy atom. The highest BCUT2D eigenvalue weighted by Crippen LogP contribution is 2.28. The Hall–Kier alpha value is -1.69. The molecule has 0 aliphatic rings. The van der Waals surface area contributed by atoms with Crippen LogP contribution in [0.25, 0.3) is 11.0 Å². The number of fused-ring (bicyclic) bond motifs is 1. The number of rotatable bonds is 4. The van der Waals surface area contributed by atoms with Gasteiger partial charge in [0.2, 0.25) is 5.91 Å². The molecule has 0 radical (unpaired) electrons. The van der Waals surface area contributed by atoms with Gasteiger partial charge in [0.15, 0.2) is 5.16 Å². The minimum Gasteiger partial charge on any atom is -0.333 e. The molecule has 1 atom stereocenters. The first-order valence-corrected chi connectivity index (χ1v) is 8.95. The highest BCUT2D eigenvalue weighted by atomic mass is 35.5. The average molecular weight is 380 g/mol. The summed E-state index contributed by atoms with van der Waals surface area (Å²) < 4.78 is 0. The van der Waals surface area contributed by atoms with Gasteiger partial charge in [0, 0.05) is 5.02 Å². The van der Waals surface area contributed by atoms with Gasteiger partial charge in [-0.2, -0.15) is 0 Å². The number of aryl methyl sites for hydroxylation is 1. The SMILES string of the molecule is Cc1ccc2nc(S[C@H](C)C(=O)Nc3cc(Cl)ccc3Cl)[nH]c2c1. The Balaban J connectivity index is 1.72. The van der Waals surface area contributed by atoms with Crippen molar-refractivity contribution < 1.29 is 4.79 Å². The van der Waals surface area contributed by atoms with Gasteiger partial charge in [-0.05, 0) is 49.7 Å². The fourth-order valence-electron chi connectivity index (χ4n) is 2.20. The smallest absolute Gasteiger partial charge is 0.237 e. The Bertz CT molecular complexity index is 910. The predicted molar refractivity (Wildman–Crippen MR) is 101 cm³/mol. The highest BCUT2D eigenvalue weighted by molar-refractivity contribution is 8.00. The Morgan fingerprint density at radius 1 is 1.25 bits per heavy atom. The molecule has 0 saturated carbocycles. The summed E-state index contributed by atoms with van der Waals surface area (Å²) in [5.74, 6) is -0.166. The second-order valence-electron chi connectivity index (χ2n) is 5.44. The number of imidazole rings is 1. The van der Waals surface area contributed by atoms with E-state index in [4.69, 9.17) is 23.2 Å². The summed E-state index contributed by atoms with van der Waals surface area (Å²) in [5, 5.41) is 4.12. The van der Waals surface area contributed by atoms with E-state index in [9.17, 15) is 4.79 Å². The molecule has 1 aromatic heterocycles. The van der Waals surface area contributed by atoms with Crippen LogP contribution in [-0.2, 0) is 4.79 Å². The Labute approximate surface area is 153 Å². The van der Waals surface area contributed by atoms with Gasteiger partial charge >= 0.3 is 0 Å². The lowest BCUT2D eigenvalue weighted by Crippen LogP contribution is -2.22. The molecule has 2 aromatic carbocycles. The van der Waals surface area contributed by atoms with E-state index >= 15 is 0 Å². The number of halogens is 2. The number of carbonyl (C=O) groups is 1. The number of aromatic nitrogens is 2. The molecule has 2 N–H and O–H groups in total. The molecule has 0 aliphatic carbocycles. The van der Waals surface area contributed by atoms with Crippen LogP contribution in [0.1, 0.15) is 12.5 Å². The molecule has 3 rings (SSSR count). The molecule has 4 nitrogen and oxygen atoms in total. The van der Waals surface area contributed by atoms with Gasteiger partial charge in [0.25, 0.3) is 0 Å². The number of hydrogen-bond donors (Lipinski definition) is 2. The first kappa shape index (κ1) is 17.1. The molecule has 0 spiro atoms. The minimum absolute atomic E-state index is 0.166. The molecule has 0 aliphatic heterocycles. The molecule has 3 aromatic rings. The first-order chi connectivity index (χ1) is 11.4. The molecule has 0 unspecified atom stereocenters. The number of benzene rings is 2. The Kier molecular flexibility index (Phi) is 5.04. The molecule has 7 heteroatoms. The number of amides is 1. The summed E-state index contributed by atoms with van der Waals surface area (Å²) in [5.41, 5.74) is 3.50. The summed E-state index contributed by atoms with van der Waals surface area (Å²) in [6.45, 7) is 3.84. The van der Waals surface area contributed by atoms with Crippen molar-refractivity contribution >= 4 is 57.6 Å². The van der Waals surface area contributed by atoms with Crippen molar-refractivity contribution in [2.24, 2.45) is 0 Å². The molecule has 1 heterocycles. The third-order valence-corrected chi connectivity index (χ3v) is 5.01. The topological polar surface area (TPSA) is 57.8 Å². The molecule has 0 saturated heterocycles. The molecular formula is C17H15Cl2N3OS. The molecule has 0 bridgehead atoms. The van der Waals surface area contributed by atoms with Gasteiger partial charge in [-0.1, -0.05) is 41.0 Å². The highest BCUT2D eigenvalue weighted by Gasteiger charge is 2.18. The summed E-state index contributed by atoms with van der Waals surface area (Å²) in [6, 6.07) is 11.0. The third-order valence-electron chi connectivity index (χ3n) is 3.46. The van der Waals surface area contributed by atoms with Crippen molar-refractivity contribution in [3.05, 3.63) is 52.0 Å². The summed E-state index contributed by atoms with van der Waals surface area (Å²) in [4.78, 5) is 20.1. The molecule has 1 amide bonds. The van der Waals surface area contributed by atoms with Gasteiger partial charge in [-0.3, -0.25) is 4.79 Å². The third kappa shape index (κ3) is 3.86. The van der Waals surface area contributed by atoms with Gasteiger partial charge in [-0.15, -0.1) is 0 Å². The van der Waals surface area contributed by atoms with E-state index in [0.717, 1.165) is 16.6 Å². The van der Waals surface area contributed by atoms with Crippen LogP contribution < -0.4 is 5.32 Å². The summed E-state index contributed by atoms with van der Waals surface area (Å²) in [6.07, 6.45) is 0. The number of anilines is 1. The second kappa shape index (κ2) is 7.05. The molecular weight excluding hydrogens is 365 g/mol. The first-order valence-electron chi connectivity index (χ1n) is 7.31. The zero-order chi connectivity index (χ0) is 17.3. The van der Waals surface area contributed by atoms with Crippen LogP contribution in [0.3, 0.4) is 0 Å². The van der Waals surface area contributed by atoms with Crippen LogP contribution in [0.5, 0.6) is 0 Å². The standard InChI is InChI=1S/C17H15Cl2N3OS/c1-9-3-6-13-15(7-9)22-17(21-13)24-10(2)16(23)20-14-8-11(18)4-5-12(14)19/h3-8,10H,1-2H3,(H,20,23)(H,21,22)/t10-/m1/s1. The maximum Gasteiger partial charge on any atom is 0.237 e. The average Bonchev–Trinajstić information content (AvgIpc) is 2.92. The quantitative estimate of drug-likeness (QED) is 0.604. The number of thioether (sulfide) groups is 1. The monoisotopic (exact) mass is 379 g/mol. The zero-order valence-electron chi connectivity index (χ0n) is 13.1. The minimum atomic E-state index is -0.346. The van der Waals surface area contributed by atoms with Crippen LogP contribution in [0.4, 0.5) is 5.69 Å². The lowest BCUT2D eigenvalue weighted by molar-refractivity contribution is -0.115. The lowest BCUT2D eigenvalue weighted by atomic mass is 10.2. The molecule has 124 valence electrons. The molecule has 24 heavy (non-hydrogen) atoms. The fourth-order valence-corrected chi connectivity index (χ4v) is 3.36. The van der Waals surface area contributed by atoms with Crippen molar-refractivity contribution in [1.82, 2.24) is 9.97 Å². The van der Waals surface area contributed by atoms with E-state index < -0.39 is 0 Å². The van der Waals surface area contributed by atoms with E-state index in [1.165, 1.54) is 11.8 Å². The van der Waals surface area contributed by atoms with E-state index in [-0.39, 0.29) is 11.2 Å². The van der Waals surface area contributed by atoms with Gasteiger partial charge in [-0.25, -0.2) is 4.98 Å². The maximum absolute atomic E-state index is 12.4. The van der Waals surface area contributed by atoms with Crippen molar-refractivity contribution in [3.8, 4) is 0 Å². The number of hydrogen-bond acceptors (Lipinski definition) is 3. The predicted octanol–water partition coefficient (Wildman–Crippen LogP) is 5.30. The number of aromatic amines is 1. The van der Waals surface area contributed by atoms with Gasteiger partial charge < -0.3 is 10.3 Å². The largest absolute Gasteiger partial charge is 0.333 e. The van der Waals surface area contributed by atoms with Crippen LogP contribution >= 0.6 is 35.0 Å². The van der Waals surface area contributed by atoms with Crippen LogP contribution in [0, 0.1) is 6.92 Å². The summed E-state index contributed by atoms with van der Waals surface area (Å²) in [7, 11) is 0. The van der Waals surface area contributed by atoms with Gasteiger partial charge in [0.05, 0.1) is 27.0 Å². The van der Waals surface area contributed by atoms with Crippen molar-refractivity contribution in [1.29, 1.82) is 0 Å². The van der Waals surface area contributed by atoms with Gasteiger partial charge in [0.1, 0.15) is 0 Å². The second-order valence-corrected chi connectivity index (χ2v) is 7.61. The van der Waals surface area contributed by atoms with Crippen molar-refractivity contribution in [2.45, 2.75) is 24.3 Å². The number of nitrogens with zero attached hydrogens (tertiary/aromatic N) is 1. The van der Waals surface area contributed by atoms with E-state index in [1.54, 1.807) is 18.2 Å². The number of H-pyrrole nitrogens is 1. The number of carbonyl (C=O) groups excluding carboxylic acids is 1. The zero-order valence-corrected chi connectivity index (χ0v) is 15.4. The van der Waals surface area contributed by atoms with Crippen LogP contribution in [-0.4, -0.2) is 21.1 Å². The van der Waals surface area contributed by atoms with E-state index in [2.05, 4.69) is 15.3 Å². The lowest BCUT2D eigenvalue weighted by Gasteiger charge is -2.12. The van der Waals surface area contributed by atoms with Crippen molar-refractivity contribution in [3.63, 3.8) is 0 Å². The normalized spacial score (nSPS) is 12.3. The van der Waals surface area contributed by atoms with Crippen LogP contribution in [0.15, 0.2) is 41.6 Å². The number of nitrogens with one attached hydrogen (secondary N) is 2. The van der Waals surface area contributed by atoms with E-state index in [1.807, 2.05) is 32.0 Å². The van der Waals surface area contributed by atoms with E-state index in [0.29, 0.717) is 20.9 Å². The fraction of sp³-hybridized carbons (Fsp3) is 0.176. The summed E-state index contributed by atoms with van der Waals surface area (Å²) >= 11 is 13.4.